The Morgan fingerprint density at radius 3 is 2.76 bits per heavy atom. The SMILES string of the molecule is CSc1ccc(/C=C(\CCCC[NH3+])c2nc(-c3cccs3)no2)cc1. The van der Waals surface area contributed by atoms with Crippen molar-refractivity contribution in [3.05, 3.63) is 53.2 Å². The second kappa shape index (κ2) is 8.99. The van der Waals surface area contributed by atoms with E-state index in [4.69, 9.17) is 4.52 Å². The van der Waals surface area contributed by atoms with Gasteiger partial charge >= 0.3 is 0 Å². The predicted molar refractivity (Wildman–Crippen MR) is 105 cm³/mol. The highest BCUT2D eigenvalue weighted by atomic mass is 32.2. The summed E-state index contributed by atoms with van der Waals surface area (Å²) in [4.78, 5) is 6.89. The first-order valence-electron chi connectivity index (χ1n) is 8.32. The second-order valence-corrected chi connectivity index (χ2v) is 7.48. The summed E-state index contributed by atoms with van der Waals surface area (Å²) in [6.07, 6.45) is 7.30. The number of quaternary nitrogens is 1. The zero-order valence-electron chi connectivity index (χ0n) is 14.3. The molecule has 3 aromatic rings. The summed E-state index contributed by atoms with van der Waals surface area (Å²) < 4.78 is 5.56. The Hall–Kier alpha value is -1.89. The first kappa shape index (κ1) is 17.9. The summed E-state index contributed by atoms with van der Waals surface area (Å²) in [5, 5.41) is 6.16. The van der Waals surface area contributed by atoms with Gasteiger partial charge in [0.15, 0.2) is 0 Å². The standard InChI is InChI=1S/C19H21N3OS2/c1-24-16-9-7-14(8-10-16)13-15(5-2-3-11-20)19-21-18(22-23-19)17-6-4-12-25-17/h4,6-10,12-13H,2-3,5,11,20H2,1H3/p+1/b15-13+. The molecule has 0 bridgehead atoms. The average Bonchev–Trinajstić information content (AvgIpc) is 3.33. The fourth-order valence-corrected chi connectivity index (χ4v) is 3.55. The molecule has 6 heteroatoms. The molecule has 0 aliphatic carbocycles. The van der Waals surface area contributed by atoms with Crippen molar-refractivity contribution >= 4 is 34.7 Å². The lowest BCUT2D eigenvalue weighted by molar-refractivity contribution is -0.368. The molecular formula is C19H22N3OS2+. The normalized spacial score (nSPS) is 11.8. The van der Waals surface area contributed by atoms with Crippen LogP contribution in [0.4, 0.5) is 0 Å². The number of thioether (sulfide) groups is 1. The van der Waals surface area contributed by atoms with Crippen LogP contribution < -0.4 is 5.73 Å². The molecule has 0 unspecified atom stereocenters. The largest absolute Gasteiger partial charge is 0.358 e. The summed E-state index contributed by atoms with van der Waals surface area (Å²) in [5.74, 6) is 1.27. The Balaban J connectivity index is 1.86. The quantitative estimate of drug-likeness (QED) is 0.468. The van der Waals surface area contributed by atoms with E-state index in [1.54, 1.807) is 23.1 Å². The van der Waals surface area contributed by atoms with E-state index in [0.717, 1.165) is 41.8 Å². The van der Waals surface area contributed by atoms with E-state index in [0.29, 0.717) is 11.7 Å². The third-order valence-corrected chi connectivity index (χ3v) is 5.45. The van der Waals surface area contributed by atoms with Crippen LogP contribution in [-0.4, -0.2) is 22.9 Å². The minimum Gasteiger partial charge on any atom is -0.358 e. The molecule has 0 fully saturated rings. The van der Waals surface area contributed by atoms with E-state index >= 15 is 0 Å². The monoisotopic (exact) mass is 372 g/mol. The summed E-state index contributed by atoms with van der Waals surface area (Å²) >= 11 is 3.36. The Bertz CT molecular complexity index is 808. The van der Waals surface area contributed by atoms with Crippen LogP contribution in [0.25, 0.3) is 22.4 Å². The zero-order valence-corrected chi connectivity index (χ0v) is 15.9. The van der Waals surface area contributed by atoms with Gasteiger partial charge in [-0.15, -0.1) is 23.1 Å². The molecule has 2 heterocycles. The topological polar surface area (TPSA) is 66.6 Å². The van der Waals surface area contributed by atoms with Crippen molar-refractivity contribution in [3.8, 4) is 10.7 Å². The molecule has 4 nitrogen and oxygen atoms in total. The van der Waals surface area contributed by atoms with Gasteiger partial charge < -0.3 is 10.3 Å². The van der Waals surface area contributed by atoms with E-state index < -0.39 is 0 Å². The smallest absolute Gasteiger partial charge is 0.254 e. The number of aromatic nitrogens is 2. The van der Waals surface area contributed by atoms with E-state index in [1.807, 2.05) is 17.5 Å². The molecule has 3 N–H and O–H groups in total. The molecule has 0 saturated carbocycles. The van der Waals surface area contributed by atoms with Gasteiger partial charge in [-0.1, -0.05) is 23.4 Å². The van der Waals surface area contributed by atoms with Crippen LogP contribution in [0, 0.1) is 0 Å². The first-order chi connectivity index (χ1) is 12.3. The summed E-state index contributed by atoms with van der Waals surface area (Å²) in [6.45, 7) is 0.944. The van der Waals surface area contributed by atoms with Gasteiger partial charge in [0, 0.05) is 10.5 Å². The maximum absolute atomic E-state index is 5.56. The lowest BCUT2D eigenvalue weighted by atomic mass is 10.0. The number of hydrogen-bond donors (Lipinski definition) is 1. The van der Waals surface area contributed by atoms with Crippen molar-refractivity contribution < 1.29 is 10.3 Å². The molecule has 3 rings (SSSR count). The van der Waals surface area contributed by atoms with Crippen molar-refractivity contribution in [2.45, 2.75) is 24.2 Å². The van der Waals surface area contributed by atoms with Gasteiger partial charge in [0.05, 0.1) is 11.4 Å². The number of rotatable bonds is 8. The Morgan fingerprint density at radius 2 is 2.08 bits per heavy atom. The van der Waals surface area contributed by atoms with E-state index in [-0.39, 0.29) is 0 Å². The Kier molecular flexibility index (Phi) is 6.44. The molecule has 0 spiro atoms. The summed E-state index contributed by atoms with van der Waals surface area (Å²) in [5.41, 5.74) is 6.16. The third-order valence-electron chi connectivity index (χ3n) is 3.85. The lowest BCUT2D eigenvalue weighted by Crippen LogP contribution is -2.50. The maximum atomic E-state index is 5.56. The highest BCUT2D eigenvalue weighted by Crippen LogP contribution is 2.27. The fraction of sp³-hybridized carbons (Fsp3) is 0.263. The number of unbranched alkanes of at least 4 members (excludes halogenated alkanes) is 1. The molecule has 1 aromatic carbocycles. The molecule has 0 amide bonds. The molecule has 0 radical (unpaired) electrons. The second-order valence-electron chi connectivity index (χ2n) is 5.65. The van der Waals surface area contributed by atoms with Crippen LogP contribution in [0.2, 0.25) is 0 Å². The average molecular weight is 373 g/mol. The van der Waals surface area contributed by atoms with Gasteiger partial charge in [0.25, 0.3) is 5.89 Å². The number of thiophene rings is 1. The number of nitrogens with zero attached hydrogens (tertiary/aromatic N) is 2. The van der Waals surface area contributed by atoms with Gasteiger partial charge in [0.1, 0.15) is 0 Å². The molecular weight excluding hydrogens is 350 g/mol. The minimum atomic E-state index is 0.612. The van der Waals surface area contributed by atoms with Crippen molar-refractivity contribution in [1.82, 2.24) is 10.1 Å². The highest BCUT2D eigenvalue weighted by Gasteiger charge is 2.13. The van der Waals surface area contributed by atoms with Gasteiger partial charge in [0.2, 0.25) is 5.82 Å². The predicted octanol–water partition coefficient (Wildman–Crippen LogP) is 4.47. The van der Waals surface area contributed by atoms with Gasteiger partial charge in [-0.25, -0.2) is 0 Å². The minimum absolute atomic E-state index is 0.612. The van der Waals surface area contributed by atoms with Crippen LogP contribution in [0.5, 0.6) is 0 Å². The third kappa shape index (κ3) is 4.81. The Morgan fingerprint density at radius 1 is 1.24 bits per heavy atom. The van der Waals surface area contributed by atoms with Crippen molar-refractivity contribution in [1.29, 1.82) is 0 Å². The van der Waals surface area contributed by atoms with E-state index in [9.17, 15) is 0 Å². The van der Waals surface area contributed by atoms with Crippen LogP contribution in [0.1, 0.15) is 30.7 Å². The van der Waals surface area contributed by atoms with Crippen LogP contribution in [-0.2, 0) is 0 Å². The fourth-order valence-electron chi connectivity index (χ4n) is 2.49. The maximum Gasteiger partial charge on any atom is 0.254 e. The molecule has 0 saturated heterocycles. The lowest BCUT2D eigenvalue weighted by Gasteiger charge is -2.03. The van der Waals surface area contributed by atoms with Crippen LogP contribution in [0.3, 0.4) is 0 Å². The molecule has 25 heavy (non-hydrogen) atoms. The molecule has 0 aliphatic heterocycles. The number of benzene rings is 1. The van der Waals surface area contributed by atoms with Crippen LogP contribution in [0.15, 0.2) is 51.2 Å². The Labute approximate surface area is 156 Å². The van der Waals surface area contributed by atoms with Gasteiger partial charge in [-0.05, 0) is 60.7 Å². The van der Waals surface area contributed by atoms with Gasteiger partial charge in [-0.3, -0.25) is 0 Å². The molecule has 0 aliphatic rings. The molecule has 130 valence electrons. The summed E-state index contributed by atoms with van der Waals surface area (Å²) in [6, 6.07) is 12.5. The van der Waals surface area contributed by atoms with Crippen molar-refractivity contribution in [2.75, 3.05) is 12.8 Å². The number of allylic oxidation sites excluding steroid dienone is 1. The molecule has 0 atom stereocenters. The zero-order chi connectivity index (χ0) is 17.5. The van der Waals surface area contributed by atoms with E-state index in [2.05, 4.69) is 52.5 Å². The number of hydrogen-bond acceptors (Lipinski definition) is 5. The van der Waals surface area contributed by atoms with Crippen molar-refractivity contribution in [3.63, 3.8) is 0 Å². The summed E-state index contributed by atoms with van der Waals surface area (Å²) in [7, 11) is 0. The first-order valence-corrected chi connectivity index (χ1v) is 10.4. The van der Waals surface area contributed by atoms with Crippen molar-refractivity contribution in [2.24, 2.45) is 0 Å². The van der Waals surface area contributed by atoms with E-state index in [1.165, 1.54) is 4.90 Å². The molecule has 2 aromatic heterocycles. The van der Waals surface area contributed by atoms with Gasteiger partial charge in [-0.2, -0.15) is 4.98 Å². The van der Waals surface area contributed by atoms with Crippen LogP contribution >= 0.6 is 23.1 Å². The highest BCUT2D eigenvalue weighted by molar-refractivity contribution is 7.98.